The normalized spacial score (nSPS) is 11.9. The second-order valence-corrected chi connectivity index (χ2v) is 14.4. The molecule has 0 saturated heterocycles. The monoisotopic (exact) mass is 730 g/mol. The fourth-order valence-electron chi connectivity index (χ4n) is 8.48. The first-order valence-corrected chi connectivity index (χ1v) is 19.0. The third-order valence-electron chi connectivity index (χ3n) is 11.1. The van der Waals surface area contributed by atoms with Crippen LogP contribution in [0.5, 0.6) is 0 Å². The summed E-state index contributed by atoms with van der Waals surface area (Å²) in [5.41, 5.74) is 11.4. The second kappa shape index (κ2) is 12.3. The number of hydrogen-bond donors (Lipinski definition) is 0. The molecule has 4 heterocycles. The number of aromatic nitrogens is 4. The van der Waals surface area contributed by atoms with E-state index in [1.807, 2.05) is 54.6 Å². The van der Waals surface area contributed by atoms with E-state index < -0.39 is 0 Å². The van der Waals surface area contributed by atoms with E-state index in [9.17, 15) is 0 Å². The van der Waals surface area contributed by atoms with Crippen molar-refractivity contribution in [2.45, 2.75) is 0 Å². The van der Waals surface area contributed by atoms with Gasteiger partial charge in [-0.25, -0.2) is 15.0 Å². The highest BCUT2D eigenvalue weighted by Gasteiger charge is 2.21. The van der Waals surface area contributed by atoms with Crippen LogP contribution >= 0.6 is 0 Å². The minimum atomic E-state index is 0.574. The van der Waals surface area contributed by atoms with Gasteiger partial charge in [0.05, 0.1) is 22.1 Å². The van der Waals surface area contributed by atoms with E-state index in [0.717, 1.165) is 99.2 Å². The van der Waals surface area contributed by atoms with Gasteiger partial charge in [-0.3, -0.25) is 0 Å². The summed E-state index contributed by atoms with van der Waals surface area (Å²) < 4.78 is 15.2. The van der Waals surface area contributed by atoms with Crippen molar-refractivity contribution in [3.05, 3.63) is 182 Å². The third-order valence-corrected chi connectivity index (χ3v) is 11.1. The average molecular weight is 731 g/mol. The highest BCUT2D eigenvalue weighted by atomic mass is 16.3. The van der Waals surface area contributed by atoms with Crippen molar-refractivity contribution < 1.29 is 8.83 Å². The standard InChI is InChI=1S/C51H30N4O2/c1-3-13-31(14-4-1)35-19-11-23-44-47(35)48-41(21-12-24-45(48)57-44)55-40-20-9-7-17-36(40)37-27-25-33(29-42(37)55)50-52-49(32-15-5-2-6-16-32)53-51(54-50)34-26-28-39-38-18-8-10-22-43(38)56-46(39)30-34/h1-30H. The molecular formula is C51H30N4O2. The van der Waals surface area contributed by atoms with Gasteiger partial charge in [-0.2, -0.15) is 0 Å². The molecule has 0 aliphatic rings. The molecule has 266 valence electrons. The number of para-hydroxylation sites is 2. The van der Waals surface area contributed by atoms with Gasteiger partial charge in [-0.05, 0) is 59.7 Å². The maximum atomic E-state index is 6.58. The van der Waals surface area contributed by atoms with Crippen LogP contribution in [0.2, 0.25) is 0 Å². The van der Waals surface area contributed by atoms with Gasteiger partial charge in [0, 0.05) is 43.6 Å². The molecule has 0 unspecified atom stereocenters. The molecule has 12 aromatic rings. The molecule has 6 heteroatoms. The van der Waals surface area contributed by atoms with E-state index in [2.05, 4.69) is 132 Å². The predicted octanol–water partition coefficient (Wildman–Crippen LogP) is 13.4. The van der Waals surface area contributed by atoms with Crippen LogP contribution in [-0.2, 0) is 0 Å². The van der Waals surface area contributed by atoms with Gasteiger partial charge in [0.15, 0.2) is 17.5 Å². The van der Waals surface area contributed by atoms with Crippen LogP contribution in [0, 0.1) is 0 Å². The van der Waals surface area contributed by atoms with Gasteiger partial charge in [0.25, 0.3) is 0 Å². The summed E-state index contributed by atoms with van der Waals surface area (Å²) in [5.74, 6) is 1.76. The van der Waals surface area contributed by atoms with Gasteiger partial charge in [0.2, 0.25) is 0 Å². The van der Waals surface area contributed by atoms with Gasteiger partial charge >= 0.3 is 0 Å². The van der Waals surface area contributed by atoms with Crippen LogP contribution in [0.25, 0.3) is 117 Å². The third kappa shape index (κ3) is 4.94. The highest BCUT2D eigenvalue weighted by Crippen LogP contribution is 2.43. The largest absolute Gasteiger partial charge is 0.456 e. The maximum Gasteiger partial charge on any atom is 0.164 e. The van der Waals surface area contributed by atoms with Crippen LogP contribution < -0.4 is 0 Å². The van der Waals surface area contributed by atoms with Gasteiger partial charge in [0.1, 0.15) is 22.3 Å². The first-order chi connectivity index (χ1) is 28.2. The molecule has 6 nitrogen and oxygen atoms in total. The molecule has 0 amide bonds. The van der Waals surface area contributed by atoms with Crippen LogP contribution in [0.3, 0.4) is 0 Å². The Hall–Kier alpha value is -7.83. The highest BCUT2D eigenvalue weighted by molar-refractivity contribution is 6.18. The number of fused-ring (bicyclic) bond motifs is 9. The fourth-order valence-corrected chi connectivity index (χ4v) is 8.48. The molecule has 0 aliphatic heterocycles. The van der Waals surface area contributed by atoms with Gasteiger partial charge < -0.3 is 13.4 Å². The topological polar surface area (TPSA) is 69.9 Å². The van der Waals surface area contributed by atoms with Crippen molar-refractivity contribution >= 4 is 65.7 Å². The SMILES string of the molecule is c1ccc(-c2nc(-c3ccc4c(c3)oc3ccccc34)nc(-c3ccc4c5ccccc5n(-c5cccc6oc7cccc(-c8ccccc8)c7c56)c4c3)n2)cc1. The number of furan rings is 2. The molecule has 0 fully saturated rings. The van der Waals surface area contributed by atoms with Crippen LogP contribution in [0.15, 0.2) is 191 Å². The van der Waals surface area contributed by atoms with E-state index in [1.165, 1.54) is 0 Å². The van der Waals surface area contributed by atoms with Crippen molar-refractivity contribution in [3.8, 4) is 51.0 Å². The summed E-state index contributed by atoms with van der Waals surface area (Å²) in [6.07, 6.45) is 0. The molecule has 0 aliphatic carbocycles. The summed E-state index contributed by atoms with van der Waals surface area (Å²) in [5, 5.41) is 6.59. The minimum Gasteiger partial charge on any atom is -0.456 e. The van der Waals surface area contributed by atoms with Crippen molar-refractivity contribution in [1.29, 1.82) is 0 Å². The maximum absolute atomic E-state index is 6.58. The number of nitrogens with zero attached hydrogens (tertiary/aromatic N) is 4. The van der Waals surface area contributed by atoms with Crippen molar-refractivity contribution in [2.75, 3.05) is 0 Å². The quantitative estimate of drug-likeness (QED) is 0.176. The summed E-state index contributed by atoms with van der Waals surface area (Å²) in [6, 6.07) is 62.7. The zero-order valence-corrected chi connectivity index (χ0v) is 30.4. The smallest absolute Gasteiger partial charge is 0.164 e. The molecule has 57 heavy (non-hydrogen) atoms. The second-order valence-electron chi connectivity index (χ2n) is 14.4. The lowest BCUT2D eigenvalue weighted by Crippen LogP contribution is -2.00. The number of rotatable bonds is 5. The Morgan fingerprint density at radius 1 is 0.333 bits per heavy atom. The van der Waals surface area contributed by atoms with Crippen LogP contribution in [0.4, 0.5) is 0 Å². The summed E-state index contributed by atoms with van der Waals surface area (Å²) >= 11 is 0. The van der Waals surface area contributed by atoms with E-state index >= 15 is 0 Å². The Morgan fingerprint density at radius 3 is 1.67 bits per heavy atom. The Morgan fingerprint density at radius 2 is 0.877 bits per heavy atom. The summed E-state index contributed by atoms with van der Waals surface area (Å²) in [6.45, 7) is 0. The summed E-state index contributed by atoms with van der Waals surface area (Å²) in [4.78, 5) is 15.3. The molecule has 8 aromatic carbocycles. The zero-order valence-electron chi connectivity index (χ0n) is 30.4. The Labute approximate surface area is 325 Å². The van der Waals surface area contributed by atoms with Gasteiger partial charge in [-0.1, -0.05) is 133 Å². The van der Waals surface area contributed by atoms with Crippen molar-refractivity contribution in [3.63, 3.8) is 0 Å². The van der Waals surface area contributed by atoms with Crippen LogP contribution in [-0.4, -0.2) is 19.5 Å². The molecule has 0 spiro atoms. The van der Waals surface area contributed by atoms with Crippen molar-refractivity contribution in [1.82, 2.24) is 19.5 Å². The lowest BCUT2D eigenvalue weighted by Gasteiger charge is -2.12. The Bertz CT molecular complexity index is 3530. The first kappa shape index (κ1) is 31.5. The first-order valence-electron chi connectivity index (χ1n) is 19.0. The predicted molar refractivity (Wildman–Crippen MR) is 230 cm³/mol. The molecule has 4 aromatic heterocycles. The number of benzene rings is 8. The van der Waals surface area contributed by atoms with Crippen molar-refractivity contribution in [2.24, 2.45) is 0 Å². The Kier molecular flexibility index (Phi) is 6.83. The molecule has 0 atom stereocenters. The van der Waals surface area contributed by atoms with Gasteiger partial charge in [-0.15, -0.1) is 0 Å². The van der Waals surface area contributed by atoms with E-state index in [-0.39, 0.29) is 0 Å². The molecule has 12 rings (SSSR count). The lowest BCUT2D eigenvalue weighted by atomic mass is 9.99. The molecular weight excluding hydrogens is 701 g/mol. The minimum absolute atomic E-state index is 0.574. The van der Waals surface area contributed by atoms with E-state index in [1.54, 1.807) is 0 Å². The van der Waals surface area contributed by atoms with E-state index in [0.29, 0.717) is 17.5 Å². The average Bonchev–Trinajstić information content (AvgIpc) is 3.96. The lowest BCUT2D eigenvalue weighted by molar-refractivity contribution is 0.668. The fraction of sp³-hybridized carbons (Fsp3) is 0. The molecule has 0 saturated carbocycles. The summed E-state index contributed by atoms with van der Waals surface area (Å²) in [7, 11) is 0. The van der Waals surface area contributed by atoms with Crippen LogP contribution in [0.1, 0.15) is 0 Å². The van der Waals surface area contributed by atoms with E-state index in [4.69, 9.17) is 23.8 Å². The molecule has 0 bridgehead atoms. The Balaban J connectivity index is 1.10. The molecule has 0 N–H and O–H groups in total. The number of hydrogen-bond acceptors (Lipinski definition) is 5. The molecule has 0 radical (unpaired) electrons. The zero-order chi connectivity index (χ0) is 37.5.